The molecule has 0 saturated heterocycles. The van der Waals surface area contributed by atoms with E-state index in [4.69, 9.17) is 18.9 Å². The summed E-state index contributed by atoms with van der Waals surface area (Å²) < 4.78 is 111. The maximum atomic E-state index is 14.9. The lowest BCUT2D eigenvalue weighted by Gasteiger charge is -2.62. The van der Waals surface area contributed by atoms with Gasteiger partial charge in [0.25, 0.3) is 11.2 Å². The first kappa shape index (κ1) is 51.5. The maximum absolute atomic E-state index is 14.9. The zero-order chi connectivity index (χ0) is 50.1. The monoisotopic (exact) mass is 948 g/mol. The van der Waals surface area contributed by atoms with Crippen LogP contribution in [0.4, 0.5) is 26.3 Å². The van der Waals surface area contributed by atoms with Gasteiger partial charge in [-0.1, -0.05) is 95.3 Å². The highest BCUT2D eigenvalue weighted by Crippen LogP contribution is 2.71. The number of aliphatic carboxylic acids is 1. The fourth-order valence-corrected chi connectivity index (χ4v) is 12.5. The fraction of sp³-hybridized carbons (Fsp3) is 0.580. The van der Waals surface area contributed by atoms with Crippen LogP contribution in [-0.4, -0.2) is 84.6 Å². The number of aliphatic hydroxyl groups is 1. The number of aliphatic hydroxyl groups excluding tert-OH is 1. The molecule has 2 saturated carbocycles. The number of fused-ring (bicyclic) bond motifs is 4. The van der Waals surface area contributed by atoms with E-state index in [0.717, 1.165) is 37.5 Å². The lowest BCUT2D eigenvalue weighted by Crippen LogP contribution is -2.61. The molecule has 6 rings (SSSR count). The highest BCUT2D eigenvalue weighted by atomic mass is 19.4. The van der Waals surface area contributed by atoms with E-state index < -0.39 is 110 Å². The number of benzene rings is 2. The molecule has 0 unspecified atom stereocenters. The molecule has 0 aliphatic heterocycles. The number of hydrogen-bond acceptors (Lipinski definition) is 10. The van der Waals surface area contributed by atoms with Gasteiger partial charge in [-0.2, -0.15) is 26.3 Å². The van der Waals surface area contributed by atoms with Crippen molar-refractivity contribution in [1.82, 2.24) is 0 Å². The summed E-state index contributed by atoms with van der Waals surface area (Å²) in [5.74, 6) is -7.68. The van der Waals surface area contributed by atoms with Crippen molar-refractivity contribution in [2.45, 2.75) is 129 Å². The van der Waals surface area contributed by atoms with Crippen LogP contribution in [0, 0.1) is 39.4 Å². The lowest BCUT2D eigenvalue weighted by atomic mass is 9.42. The van der Waals surface area contributed by atoms with E-state index in [1.165, 1.54) is 43.3 Å². The van der Waals surface area contributed by atoms with Crippen molar-refractivity contribution in [3.8, 4) is 0 Å². The third-order valence-corrected chi connectivity index (χ3v) is 16.2. The number of hydrogen-bond donors (Lipinski definition) is 2. The van der Waals surface area contributed by atoms with Crippen LogP contribution < -0.4 is 0 Å². The molecule has 17 heteroatoms. The Labute approximate surface area is 385 Å². The molecule has 11 nitrogen and oxygen atoms in total. The van der Waals surface area contributed by atoms with E-state index >= 15 is 0 Å². The van der Waals surface area contributed by atoms with E-state index in [1.54, 1.807) is 34.6 Å². The van der Waals surface area contributed by atoms with Gasteiger partial charge >= 0.3 is 30.3 Å². The van der Waals surface area contributed by atoms with Crippen LogP contribution in [0.3, 0.4) is 0 Å². The predicted molar refractivity (Wildman–Crippen MR) is 229 cm³/mol. The number of allylic oxidation sites excluding steroid dienone is 1. The lowest BCUT2D eigenvalue weighted by molar-refractivity contribution is -0.282. The Kier molecular flexibility index (Phi) is 13.5. The Morgan fingerprint density at radius 1 is 0.836 bits per heavy atom. The molecule has 366 valence electrons. The minimum atomic E-state index is -5.33. The van der Waals surface area contributed by atoms with Gasteiger partial charge in [0.1, 0.15) is 18.0 Å². The summed E-state index contributed by atoms with van der Waals surface area (Å²) in [4.78, 5) is 69.2. The van der Waals surface area contributed by atoms with Gasteiger partial charge in [-0.05, 0) is 79.8 Å². The number of carboxylic acids is 1. The molecule has 4 aliphatic carbocycles. The Balaban J connectivity index is 1.33. The second kappa shape index (κ2) is 17.6. The van der Waals surface area contributed by atoms with Crippen LogP contribution in [-0.2, 0) is 54.1 Å². The average molecular weight is 949 g/mol. The van der Waals surface area contributed by atoms with Crippen molar-refractivity contribution in [2.75, 3.05) is 14.2 Å². The first-order valence-electron chi connectivity index (χ1n) is 22.2. The fourth-order valence-electron chi connectivity index (χ4n) is 12.5. The molecular formula is C50H58F6O11. The first-order chi connectivity index (χ1) is 31.0. The summed E-state index contributed by atoms with van der Waals surface area (Å²) in [6.07, 6.45) is -14.1. The number of ketones is 2. The number of esters is 2. The van der Waals surface area contributed by atoms with Crippen LogP contribution in [0.2, 0.25) is 0 Å². The number of carboxylic acid groups (broad SMARTS) is 1. The summed E-state index contributed by atoms with van der Waals surface area (Å²) in [7, 11) is 1.48. The van der Waals surface area contributed by atoms with Crippen molar-refractivity contribution < 1.29 is 79.5 Å². The first-order valence-corrected chi connectivity index (χ1v) is 22.2. The molecule has 0 spiro atoms. The highest BCUT2D eigenvalue weighted by molar-refractivity contribution is 6.05. The Morgan fingerprint density at radius 3 is 1.82 bits per heavy atom. The van der Waals surface area contributed by atoms with Crippen LogP contribution in [0.1, 0.15) is 98.1 Å². The van der Waals surface area contributed by atoms with Gasteiger partial charge in [-0.25, -0.2) is 14.4 Å². The molecule has 0 bridgehead atoms. The number of rotatable bonds is 13. The standard InChI is InChI=1S/C50H58F6O11/c1-27(22-31(23-28(2)40(60)61)66-41(62)47(64-8,49(51,52)53)29-16-12-10-13-17-29)32-24-36(59)46(7)39-33(57)25-35-43(3,4)37(20-21-44(35,5)38(39)34(58)26-45(32,46)6)67-42(63)48(65-9,50(54,55)56)30-18-14-11-15-19-30/h10-19,23,27,31-33,35,37,57H,20-22,24-26H2,1-9H3,(H,60,61)/b28-23+/t27-,31+,32-,33+,35+,37+,44+,45-,46+,47+,48+/m1/s1. The zero-order valence-corrected chi connectivity index (χ0v) is 38.9. The summed E-state index contributed by atoms with van der Waals surface area (Å²) in [6.45, 7) is 11.5. The molecule has 0 amide bonds. The number of methoxy groups -OCH3 is 2. The van der Waals surface area contributed by atoms with Gasteiger partial charge in [0.15, 0.2) is 5.78 Å². The zero-order valence-electron chi connectivity index (χ0n) is 38.9. The molecule has 2 aromatic carbocycles. The van der Waals surface area contributed by atoms with Crippen LogP contribution in [0.5, 0.6) is 0 Å². The van der Waals surface area contributed by atoms with Gasteiger partial charge < -0.3 is 29.2 Å². The van der Waals surface area contributed by atoms with Crippen LogP contribution >= 0.6 is 0 Å². The van der Waals surface area contributed by atoms with Gasteiger partial charge in [0.05, 0.1) is 11.5 Å². The summed E-state index contributed by atoms with van der Waals surface area (Å²) in [5, 5.41) is 22.0. The molecule has 2 N–H and O–H groups in total. The predicted octanol–water partition coefficient (Wildman–Crippen LogP) is 9.15. The van der Waals surface area contributed by atoms with E-state index in [9.17, 15) is 60.5 Å². The van der Waals surface area contributed by atoms with Gasteiger partial charge in [0, 0.05) is 54.7 Å². The van der Waals surface area contributed by atoms with E-state index in [0.29, 0.717) is 7.11 Å². The quantitative estimate of drug-likeness (QED) is 0.112. The summed E-state index contributed by atoms with van der Waals surface area (Å²) in [5.41, 5.74) is -12.8. The van der Waals surface area contributed by atoms with E-state index in [2.05, 4.69) is 0 Å². The normalized spacial score (nSPS) is 31.3. The number of Topliss-reactive ketones (excluding diaryl/α,β-unsaturated/α-hetero) is 2. The maximum Gasteiger partial charge on any atom is 0.432 e. The number of alkyl halides is 6. The second-order valence-electron chi connectivity index (χ2n) is 20.0. The van der Waals surface area contributed by atoms with Crippen molar-refractivity contribution >= 4 is 29.5 Å². The van der Waals surface area contributed by atoms with E-state index in [1.807, 2.05) is 6.92 Å². The van der Waals surface area contributed by atoms with Crippen molar-refractivity contribution in [3.63, 3.8) is 0 Å². The molecule has 0 aromatic heterocycles. The van der Waals surface area contributed by atoms with Crippen LogP contribution in [0.15, 0.2) is 83.5 Å². The molecular weight excluding hydrogens is 891 g/mol. The Hall–Kier alpha value is -4.87. The molecule has 4 aliphatic rings. The van der Waals surface area contributed by atoms with Gasteiger partial charge in [-0.15, -0.1) is 0 Å². The second-order valence-corrected chi connectivity index (χ2v) is 20.0. The largest absolute Gasteiger partial charge is 0.478 e. The van der Waals surface area contributed by atoms with Crippen molar-refractivity contribution in [3.05, 3.63) is 94.6 Å². The average Bonchev–Trinajstić information content (AvgIpc) is 3.44. The number of carbonyl (C=O) groups excluding carboxylic acids is 4. The molecule has 0 radical (unpaired) electrons. The van der Waals surface area contributed by atoms with Crippen molar-refractivity contribution in [2.24, 2.45) is 39.4 Å². The third kappa shape index (κ3) is 7.84. The van der Waals surface area contributed by atoms with Crippen molar-refractivity contribution in [1.29, 1.82) is 0 Å². The Morgan fingerprint density at radius 2 is 1.34 bits per heavy atom. The SMILES string of the molecule is CO[C@](C(=O)O[C@H](/C=C(\C)C(=O)O)C[C@@H](C)[C@H]1CC(=O)[C@@]2(C)C3=C(C(=O)C[C@]12C)[C@@]1(C)CC[C@H](OC(=O)[C@@](OC)(c2ccccc2)C(F)(F)F)C(C)(C)[C@@H]1C[C@@H]3O)(c1ccccc1)C(F)(F)F. The molecule has 67 heavy (non-hydrogen) atoms. The number of halogens is 6. The smallest absolute Gasteiger partial charge is 0.432 e. The topological polar surface area (TPSA) is 163 Å². The third-order valence-electron chi connectivity index (χ3n) is 16.2. The number of carbonyl (C=O) groups is 5. The molecule has 11 atom stereocenters. The summed E-state index contributed by atoms with van der Waals surface area (Å²) in [6, 6.07) is 12.5. The molecule has 0 heterocycles. The molecule has 2 aromatic rings. The van der Waals surface area contributed by atoms with E-state index in [-0.39, 0.29) is 66.8 Å². The number of ether oxygens (including phenoxy) is 4. The Bertz CT molecular complexity index is 2340. The highest BCUT2D eigenvalue weighted by Gasteiger charge is 2.72. The van der Waals surface area contributed by atoms with Gasteiger partial charge in [-0.3, -0.25) is 9.59 Å². The van der Waals surface area contributed by atoms with Gasteiger partial charge in [0.2, 0.25) is 0 Å². The van der Waals surface area contributed by atoms with Crippen LogP contribution in [0.25, 0.3) is 0 Å². The summed E-state index contributed by atoms with van der Waals surface area (Å²) >= 11 is 0. The molecule has 2 fully saturated rings. The minimum absolute atomic E-state index is 0.0201. The minimum Gasteiger partial charge on any atom is -0.478 e.